The number of hydrogen-bond acceptors (Lipinski definition) is 1. The van der Waals surface area contributed by atoms with E-state index in [-0.39, 0.29) is 0 Å². The molecule has 1 nitrogen and oxygen atoms in total. The highest BCUT2D eigenvalue weighted by Gasteiger charge is 2.38. The Morgan fingerprint density at radius 1 is 0.600 bits per heavy atom. The number of ether oxygens (including phenoxy) is 1. The van der Waals surface area contributed by atoms with Crippen LogP contribution in [-0.4, -0.2) is 6.61 Å². The second kappa shape index (κ2) is 9.88. The minimum Gasteiger partial charge on any atom is -0.361 e. The van der Waals surface area contributed by atoms with E-state index in [1.165, 1.54) is 5.56 Å². The molecule has 0 saturated carbocycles. The van der Waals surface area contributed by atoms with Gasteiger partial charge in [-0.05, 0) is 35.6 Å². The highest BCUT2D eigenvalue weighted by atomic mass is 79.9. The minimum atomic E-state index is -0.681. The van der Waals surface area contributed by atoms with Gasteiger partial charge in [-0.1, -0.05) is 125 Å². The van der Waals surface area contributed by atoms with Crippen LogP contribution in [0, 0.1) is 0 Å². The Morgan fingerprint density at radius 2 is 1.10 bits per heavy atom. The fourth-order valence-corrected chi connectivity index (χ4v) is 4.52. The van der Waals surface area contributed by atoms with Crippen LogP contribution >= 0.6 is 15.9 Å². The molecule has 30 heavy (non-hydrogen) atoms. The molecule has 0 spiro atoms. The van der Waals surface area contributed by atoms with Gasteiger partial charge in [-0.3, -0.25) is 0 Å². The van der Waals surface area contributed by atoms with Crippen molar-refractivity contribution in [2.24, 2.45) is 0 Å². The van der Waals surface area contributed by atoms with E-state index >= 15 is 0 Å². The lowest BCUT2D eigenvalue weighted by Crippen LogP contribution is -2.33. The summed E-state index contributed by atoms with van der Waals surface area (Å²) in [5.74, 6) is 0. The summed E-state index contributed by atoms with van der Waals surface area (Å²) in [6.07, 6.45) is 1.95. The Morgan fingerprint density at radius 3 is 1.67 bits per heavy atom. The largest absolute Gasteiger partial charge is 0.361 e. The zero-order chi connectivity index (χ0) is 20.7. The Bertz CT molecular complexity index is 1010. The monoisotopic (exact) mass is 456 g/mol. The van der Waals surface area contributed by atoms with Crippen LogP contribution in [0.15, 0.2) is 120 Å². The molecule has 150 valence electrons. The van der Waals surface area contributed by atoms with Gasteiger partial charge in [-0.15, -0.1) is 0 Å². The van der Waals surface area contributed by atoms with Gasteiger partial charge >= 0.3 is 0 Å². The topological polar surface area (TPSA) is 9.23 Å². The van der Waals surface area contributed by atoms with Gasteiger partial charge < -0.3 is 4.74 Å². The predicted octanol–water partition coefficient (Wildman–Crippen LogP) is 7.39. The molecular weight excluding hydrogens is 432 g/mol. The van der Waals surface area contributed by atoms with E-state index in [0.717, 1.165) is 34.0 Å². The van der Waals surface area contributed by atoms with Crippen molar-refractivity contribution in [2.45, 2.75) is 18.4 Å². The molecular formula is C28H25BrO. The van der Waals surface area contributed by atoms with Gasteiger partial charge in [0.25, 0.3) is 0 Å². The maximum Gasteiger partial charge on any atom is 0.144 e. The summed E-state index contributed by atoms with van der Waals surface area (Å²) in [5.41, 5.74) is 4.03. The maximum absolute atomic E-state index is 6.86. The van der Waals surface area contributed by atoms with Crippen LogP contribution in [0.5, 0.6) is 0 Å². The normalized spacial score (nSPS) is 11.4. The van der Waals surface area contributed by atoms with Crippen LogP contribution in [0.2, 0.25) is 0 Å². The van der Waals surface area contributed by atoms with Crippen LogP contribution in [0.25, 0.3) is 0 Å². The zero-order valence-electron chi connectivity index (χ0n) is 16.9. The van der Waals surface area contributed by atoms with Crippen LogP contribution in [0.3, 0.4) is 0 Å². The van der Waals surface area contributed by atoms with Crippen molar-refractivity contribution >= 4 is 15.9 Å². The first-order valence-corrected chi connectivity index (χ1v) is 11.1. The summed E-state index contributed by atoms with van der Waals surface area (Å²) < 4.78 is 7.90. The van der Waals surface area contributed by atoms with E-state index in [1.54, 1.807) is 0 Å². The molecule has 0 radical (unpaired) electrons. The van der Waals surface area contributed by atoms with Gasteiger partial charge in [0.15, 0.2) is 0 Å². The second-order valence-corrected chi connectivity index (χ2v) is 8.19. The third kappa shape index (κ3) is 4.40. The minimum absolute atomic E-state index is 0.653. The SMILES string of the molecule is Brc1ccccc1C(OCCCc1ccccc1)(c1ccccc1)c1ccccc1. The molecule has 4 aromatic rings. The molecule has 0 N–H and O–H groups in total. The fraction of sp³-hybridized carbons (Fsp3) is 0.143. The van der Waals surface area contributed by atoms with Gasteiger partial charge in [0, 0.05) is 16.6 Å². The molecule has 2 heteroatoms. The predicted molar refractivity (Wildman–Crippen MR) is 128 cm³/mol. The van der Waals surface area contributed by atoms with Crippen molar-refractivity contribution in [3.63, 3.8) is 0 Å². The number of hydrogen-bond donors (Lipinski definition) is 0. The number of aryl methyl sites for hydroxylation is 1. The van der Waals surface area contributed by atoms with Crippen LogP contribution in [-0.2, 0) is 16.8 Å². The first kappa shape index (κ1) is 20.6. The Hall–Kier alpha value is -2.68. The highest BCUT2D eigenvalue weighted by molar-refractivity contribution is 9.10. The summed E-state index contributed by atoms with van der Waals surface area (Å²) in [4.78, 5) is 0. The highest BCUT2D eigenvalue weighted by Crippen LogP contribution is 2.43. The molecule has 4 rings (SSSR count). The van der Waals surface area contributed by atoms with E-state index in [2.05, 4.69) is 125 Å². The summed E-state index contributed by atoms with van der Waals surface area (Å²) in [5, 5.41) is 0. The van der Waals surface area contributed by atoms with Crippen molar-refractivity contribution in [3.8, 4) is 0 Å². The van der Waals surface area contributed by atoms with Crippen LogP contribution < -0.4 is 0 Å². The Labute approximate surface area is 187 Å². The molecule has 0 aliphatic heterocycles. The average molecular weight is 457 g/mol. The zero-order valence-corrected chi connectivity index (χ0v) is 18.5. The van der Waals surface area contributed by atoms with Gasteiger partial charge in [0.2, 0.25) is 0 Å². The number of rotatable bonds is 8. The maximum atomic E-state index is 6.86. The molecule has 0 unspecified atom stereocenters. The Kier molecular flexibility index (Phi) is 6.78. The molecule has 0 amide bonds. The van der Waals surface area contributed by atoms with Crippen molar-refractivity contribution in [1.29, 1.82) is 0 Å². The molecule has 0 atom stereocenters. The van der Waals surface area contributed by atoms with Crippen molar-refractivity contribution < 1.29 is 4.74 Å². The molecule has 0 fully saturated rings. The third-order valence-electron chi connectivity index (χ3n) is 5.38. The first-order valence-electron chi connectivity index (χ1n) is 10.3. The van der Waals surface area contributed by atoms with Gasteiger partial charge in [-0.2, -0.15) is 0 Å². The second-order valence-electron chi connectivity index (χ2n) is 7.33. The van der Waals surface area contributed by atoms with Crippen LogP contribution in [0.4, 0.5) is 0 Å². The number of halogens is 1. The first-order chi connectivity index (χ1) is 14.8. The van der Waals surface area contributed by atoms with Gasteiger partial charge in [-0.25, -0.2) is 0 Å². The molecule has 4 aromatic carbocycles. The molecule has 0 aromatic heterocycles. The van der Waals surface area contributed by atoms with Crippen molar-refractivity contribution in [2.75, 3.05) is 6.61 Å². The van der Waals surface area contributed by atoms with Gasteiger partial charge in [0.1, 0.15) is 5.60 Å². The van der Waals surface area contributed by atoms with E-state index in [0.29, 0.717) is 6.61 Å². The third-order valence-corrected chi connectivity index (χ3v) is 6.08. The van der Waals surface area contributed by atoms with Crippen molar-refractivity contribution in [1.82, 2.24) is 0 Å². The average Bonchev–Trinajstić information content (AvgIpc) is 2.82. The molecule has 0 heterocycles. The quantitative estimate of drug-likeness (QED) is 0.198. The van der Waals surface area contributed by atoms with E-state index in [9.17, 15) is 0 Å². The smallest absolute Gasteiger partial charge is 0.144 e. The molecule has 0 bridgehead atoms. The van der Waals surface area contributed by atoms with Crippen LogP contribution in [0.1, 0.15) is 28.7 Å². The van der Waals surface area contributed by atoms with E-state index in [1.807, 2.05) is 6.07 Å². The summed E-state index contributed by atoms with van der Waals surface area (Å²) in [7, 11) is 0. The lowest BCUT2D eigenvalue weighted by molar-refractivity contribution is 0.0111. The summed E-state index contributed by atoms with van der Waals surface area (Å²) >= 11 is 3.79. The van der Waals surface area contributed by atoms with E-state index in [4.69, 9.17) is 4.74 Å². The molecule has 0 saturated heterocycles. The fourth-order valence-electron chi connectivity index (χ4n) is 3.96. The summed E-state index contributed by atoms with van der Waals surface area (Å²) in [6.45, 7) is 0.653. The van der Waals surface area contributed by atoms with Gasteiger partial charge in [0.05, 0.1) is 0 Å². The van der Waals surface area contributed by atoms with E-state index < -0.39 is 5.60 Å². The lowest BCUT2D eigenvalue weighted by Gasteiger charge is -2.36. The number of benzene rings is 4. The Balaban J connectivity index is 1.74. The lowest BCUT2D eigenvalue weighted by atomic mass is 9.80. The summed E-state index contributed by atoms with van der Waals surface area (Å²) in [6, 6.07) is 40.0. The van der Waals surface area contributed by atoms with Crippen molar-refractivity contribution in [3.05, 3.63) is 142 Å². The molecule has 0 aliphatic carbocycles. The molecule has 0 aliphatic rings. The standard InChI is InChI=1S/C28H25BrO/c29-27-21-11-10-20-26(27)28(24-16-6-2-7-17-24,25-18-8-3-9-19-25)30-22-12-15-23-13-4-1-5-14-23/h1-11,13-14,16-21H,12,15,22H2.